The number of hydrogen-bond donors (Lipinski definition) is 1. The Labute approximate surface area is 197 Å². The minimum atomic E-state index is -4.63. The molecule has 1 aliphatic rings. The standard InChI is InChI=1S/C25H30F3N5O/c1-18-6-5-7-20(16-18)32-14-12-31(13-15-32)11-10-19(2)29-23(34)17-33-22-9-4-3-8-21(22)30-24(33)25(26,27)28/h3-9,16,19H,10-15,17H2,1-2H3,(H,29,34). The van der Waals surface area contributed by atoms with Gasteiger partial charge in [-0.1, -0.05) is 24.3 Å². The molecule has 0 radical (unpaired) electrons. The topological polar surface area (TPSA) is 53.4 Å². The van der Waals surface area contributed by atoms with E-state index in [4.69, 9.17) is 0 Å². The van der Waals surface area contributed by atoms with E-state index >= 15 is 0 Å². The third-order valence-corrected chi connectivity index (χ3v) is 6.23. The summed E-state index contributed by atoms with van der Waals surface area (Å²) >= 11 is 0. The third kappa shape index (κ3) is 5.70. The second-order valence-corrected chi connectivity index (χ2v) is 8.93. The zero-order valence-corrected chi connectivity index (χ0v) is 19.5. The van der Waals surface area contributed by atoms with Crippen LogP contribution in [0.4, 0.5) is 18.9 Å². The van der Waals surface area contributed by atoms with E-state index in [1.54, 1.807) is 18.2 Å². The number of nitrogens with one attached hydrogen (secondary N) is 1. The molecule has 1 aliphatic heterocycles. The van der Waals surface area contributed by atoms with E-state index in [-0.39, 0.29) is 11.6 Å². The molecule has 1 unspecified atom stereocenters. The molecule has 34 heavy (non-hydrogen) atoms. The average molecular weight is 474 g/mol. The normalized spacial score (nSPS) is 16.1. The zero-order valence-electron chi connectivity index (χ0n) is 19.5. The zero-order chi connectivity index (χ0) is 24.3. The highest BCUT2D eigenvalue weighted by Gasteiger charge is 2.38. The Morgan fingerprint density at radius 1 is 1.09 bits per heavy atom. The van der Waals surface area contributed by atoms with Crippen LogP contribution in [0, 0.1) is 6.92 Å². The van der Waals surface area contributed by atoms with Crippen molar-refractivity contribution in [1.82, 2.24) is 19.8 Å². The quantitative estimate of drug-likeness (QED) is 0.562. The maximum Gasteiger partial charge on any atom is 0.449 e. The first-order chi connectivity index (χ1) is 16.2. The summed E-state index contributed by atoms with van der Waals surface area (Å²) in [4.78, 5) is 21.0. The third-order valence-electron chi connectivity index (χ3n) is 6.23. The summed E-state index contributed by atoms with van der Waals surface area (Å²) in [6.45, 7) is 8.14. The summed E-state index contributed by atoms with van der Waals surface area (Å²) < 4.78 is 41.3. The number of fused-ring (bicyclic) bond motifs is 1. The lowest BCUT2D eigenvalue weighted by Gasteiger charge is -2.36. The van der Waals surface area contributed by atoms with Crippen LogP contribution in [0.15, 0.2) is 48.5 Å². The number of carbonyl (C=O) groups is 1. The summed E-state index contributed by atoms with van der Waals surface area (Å²) in [6.07, 6.45) is -3.90. The molecular weight excluding hydrogens is 443 g/mol. The largest absolute Gasteiger partial charge is 0.449 e. The molecule has 0 aliphatic carbocycles. The summed E-state index contributed by atoms with van der Waals surface area (Å²) in [7, 11) is 0. The van der Waals surface area contributed by atoms with Crippen LogP contribution in [0.25, 0.3) is 11.0 Å². The number of halogens is 3. The van der Waals surface area contributed by atoms with Crippen molar-refractivity contribution in [2.45, 2.75) is 39.0 Å². The monoisotopic (exact) mass is 473 g/mol. The number of rotatable bonds is 7. The second kappa shape index (κ2) is 10.0. The number of hydrogen-bond acceptors (Lipinski definition) is 4. The lowest BCUT2D eigenvalue weighted by molar-refractivity contribution is -0.147. The number of aryl methyl sites for hydroxylation is 1. The van der Waals surface area contributed by atoms with Gasteiger partial charge in [0.15, 0.2) is 0 Å². The first kappa shape index (κ1) is 24.1. The van der Waals surface area contributed by atoms with Crippen LogP contribution in [-0.4, -0.2) is 59.1 Å². The first-order valence-electron chi connectivity index (χ1n) is 11.6. The molecule has 3 aromatic rings. The fraction of sp³-hybridized carbons (Fsp3) is 0.440. The minimum Gasteiger partial charge on any atom is -0.369 e. The van der Waals surface area contributed by atoms with Crippen molar-refractivity contribution in [3.05, 3.63) is 59.9 Å². The number of imidazole rings is 1. The van der Waals surface area contributed by atoms with Gasteiger partial charge in [-0.15, -0.1) is 0 Å². The van der Waals surface area contributed by atoms with Crippen molar-refractivity contribution in [1.29, 1.82) is 0 Å². The molecule has 0 saturated carbocycles. The molecule has 9 heteroatoms. The number of alkyl halides is 3. The predicted molar refractivity (Wildman–Crippen MR) is 127 cm³/mol. The lowest BCUT2D eigenvalue weighted by atomic mass is 10.1. The van der Waals surface area contributed by atoms with Crippen molar-refractivity contribution in [3.8, 4) is 0 Å². The SMILES string of the molecule is Cc1cccc(N2CCN(CCC(C)NC(=O)Cn3c(C(F)(F)F)nc4ccccc43)CC2)c1. The van der Waals surface area contributed by atoms with Crippen molar-refractivity contribution in [3.63, 3.8) is 0 Å². The highest BCUT2D eigenvalue weighted by molar-refractivity contribution is 5.81. The van der Waals surface area contributed by atoms with Crippen LogP contribution in [0.1, 0.15) is 24.7 Å². The van der Waals surface area contributed by atoms with Crippen LogP contribution in [0.5, 0.6) is 0 Å². The maximum absolute atomic E-state index is 13.5. The number of para-hydroxylation sites is 2. The molecule has 1 N–H and O–H groups in total. The fourth-order valence-corrected chi connectivity index (χ4v) is 4.42. The van der Waals surface area contributed by atoms with Crippen molar-refractivity contribution >= 4 is 22.6 Å². The van der Waals surface area contributed by atoms with Gasteiger partial charge in [-0.25, -0.2) is 4.98 Å². The van der Waals surface area contributed by atoms with Gasteiger partial charge in [-0.05, 0) is 50.1 Å². The van der Waals surface area contributed by atoms with Gasteiger partial charge in [0.2, 0.25) is 11.7 Å². The average Bonchev–Trinajstić information content (AvgIpc) is 3.17. The Hall–Kier alpha value is -3.07. The van der Waals surface area contributed by atoms with Crippen molar-refractivity contribution < 1.29 is 18.0 Å². The van der Waals surface area contributed by atoms with Crippen LogP contribution in [0.2, 0.25) is 0 Å². The maximum atomic E-state index is 13.5. The van der Waals surface area contributed by atoms with Gasteiger partial charge >= 0.3 is 6.18 Å². The summed E-state index contributed by atoms with van der Waals surface area (Å²) in [5.74, 6) is -1.51. The molecule has 1 aromatic heterocycles. The Balaban J connectivity index is 1.28. The van der Waals surface area contributed by atoms with Crippen molar-refractivity contribution in [2.75, 3.05) is 37.6 Å². The van der Waals surface area contributed by atoms with Crippen molar-refractivity contribution in [2.24, 2.45) is 0 Å². The molecule has 2 aromatic carbocycles. The molecule has 182 valence electrons. The van der Waals surface area contributed by atoms with E-state index < -0.39 is 24.5 Å². The fourth-order valence-electron chi connectivity index (χ4n) is 4.42. The number of anilines is 1. The van der Waals surface area contributed by atoms with Crippen LogP contribution in [0.3, 0.4) is 0 Å². The number of aromatic nitrogens is 2. The Morgan fingerprint density at radius 2 is 1.82 bits per heavy atom. The summed E-state index contributed by atoms with van der Waals surface area (Å²) in [6, 6.07) is 14.7. The van der Waals surface area contributed by atoms with E-state index in [9.17, 15) is 18.0 Å². The van der Waals surface area contributed by atoms with Crippen LogP contribution < -0.4 is 10.2 Å². The van der Waals surface area contributed by atoms with E-state index in [0.29, 0.717) is 5.52 Å². The van der Waals surface area contributed by atoms with Gasteiger partial charge in [-0.3, -0.25) is 9.69 Å². The van der Waals surface area contributed by atoms with Gasteiger partial charge in [0, 0.05) is 44.5 Å². The molecule has 1 fully saturated rings. The molecule has 1 saturated heterocycles. The highest BCUT2D eigenvalue weighted by Crippen LogP contribution is 2.31. The smallest absolute Gasteiger partial charge is 0.369 e. The molecule has 1 atom stereocenters. The molecule has 4 rings (SSSR count). The Kier molecular flexibility index (Phi) is 7.11. The van der Waals surface area contributed by atoms with E-state index in [2.05, 4.69) is 51.3 Å². The van der Waals surface area contributed by atoms with E-state index in [0.717, 1.165) is 43.7 Å². The highest BCUT2D eigenvalue weighted by atomic mass is 19.4. The molecule has 6 nitrogen and oxygen atoms in total. The van der Waals surface area contributed by atoms with Gasteiger partial charge in [-0.2, -0.15) is 13.2 Å². The summed E-state index contributed by atoms with van der Waals surface area (Å²) in [5.41, 5.74) is 3.01. The van der Waals surface area contributed by atoms with Gasteiger partial charge in [0.05, 0.1) is 11.0 Å². The van der Waals surface area contributed by atoms with E-state index in [1.807, 2.05) is 6.92 Å². The number of amides is 1. The predicted octanol–water partition coefficient (Wildman–Crippen LogP) is 4.08. The molecular formula is C25H30F3N5O. The number of benzene rings is 2. The Bertz CT molecular complexity index is 1140. The molecule has 0 bridgehead atoms. The van der Waals surface area contributed by atoms with Gasteiger partial charge in [0.1, 0.15) is 6.54 Å². The summed E-state index contributed by atoms with van der Waals surface area (Å²) in [5, 5.41) is 2.85. The van der Waals surface area contributed by atoms with Gasteiger partial charge < -0.3 is 14.8 Å². The second-order valence-electron chi connectivity index (χ2n) is 8.93. The first-order valence-corrected chi connectivity index (χ1v) is 11.6. The van der Waals surface area contributed by atoms with Crippen LogP contribution >= 0.6 is 0 Å². The lowest BCUT2D eigenvalue weighted by Crippen LogP contribution is -2.47. The number of nitrogens with zero attached hydrogens (tertiary/aromatic N) is 4. The molecule has 0 spiro atoms. The Morgan fingerprint density at radius 3 is 2.53 bits per heavy atom. The van der Waals surface area contributed by atoms with E-state index in [1.165, 1.54) is 17.3 Å². The van der Waals surface area contributed by atoms with Crippen LogP contribution in [-0.2, 0) is 17.5 Å². The molecule has 1 amide bonds. The van der Waals surface area contributed by atoms with Gasteiger partial charge in [0.25, 0.3) is 0 Å². The number of piperazine rings is 1. The minimum absolute atomic E-state index is 0.147. The molecule has 2 heterocycles. The number of carbonyl (C=O) groups excluding carboxylic acids is 1.